The van der Waals surface area contributed by atoms with Gasteiger partial charge in [-0.3, -0.25) is 4.79 Å². The predicted molar refractivity (Wildman–Crippen MR) is 110 cm³/mol. The number of aryl methyl sites for hydroxylation is 1. The minimum Gasteiger partial charge on any atom is -0.566 e. The Labute approximate surface area is 178 Å². The number of aromatic nitrogens is 2. The topological polar surface area (TPSA) is 111 Å². The van der Waals surface area contributed by atoms with E-state index in [1.54, 1.807) is 17.6 Å². The fraction of sp³-hybridized carbons (Fsp3) is 0.318. The van der Waals surface area contributed by atoms with Crippen molar-refractivity contribution >= 4 is 25.1 Å². The van der Waals surface area contributed by atoms with Crippen LogP contribution in [-0.4, -0.2) is 15.5 Å². The summed E-state index contributed by atoms with van der Waals surface area (Å²) < 4.78 is 23.2. The third-order valence-corrected chi connectivity index (χ3v) is 6.64. The molecule has 158 valence electrons. The highest BCUT2D eigenvalue weighted by Crippen LogP contribution is 2.43. The van der Waals surface area contributed by atoms with Gasteiger partial charge in [0.1, 0.15) is 6.61 Å². The number of benzene rings is 1. The molecule has 0 aliphatic carbocycles. The minimum atomic E-state index is -3.35. The Morgan fingerprint density at radius 3 is 2.77 bits per heavy atom. The Morgan fingerprint density at radius 1 is 1.26 bits per heavy atom. The van der Waals surface area contributed by atoms with E-state index in [4.69, 9.17) is 14.2 Å². The standard InChI is InChI=1S/C22H19N2O6P/c1-3-12-5-6-17-13(7-12)8-14-10-24-18(19(14)23-17)9-16-15(20(24)25)11-29-21(26)22(16,4-2)30-31(27)28/h5-9H,3-4,10-11H2,1-2H3/t22-/m0/s1. The lowest BCUT2D eigenvalue weighted by Gasteiger charge is -2.31. The van der Waals surface area contributed by atoms with E-state index >= 15 is 0 Å². The number of fused-ring (bicyclic) bond motifs is 5. The van der Waals surface area contributed by atoms with Crippen LogP contribution >= 0.6 is 8.25 Å². The average molecular weight is 438 g/mol. The van der Waals surface area contributed by atoms with Crippen molar-refractivity contribution < 1.29 is 23.5 Å². The van der Waals surface area contributed by atoms with E-state index < -0.39 is 19.8 Å². The zero-order valence-corrected chi connectivity index (χ0v) is 17.9. The number of ether oxygens (including phenoxy) is 1. The van der Waals surface area contributed by atoms with Crippen molar-refractivity contribution in [1.82, 2.24) is 9.55 Å². The number of esters is 1. The Bertz CT molecular complexity index is 1350. The third-order valence-electron chi connectivity index (χ3n) is 6.18. The number of hydrogen-bond acceptors (Lipinski definition) is 7. The van der Waals surface area contributed by atoms with Gasteiger partial charge < -0.3 is 14.2 Å². The van der Waals surface area contributed by atoms with Gasteiger partial charge in [0.15, 0.2) is 0 Å². The van der Waals surface area contributed by atoms with Crippen LogP contribution in [0, 0.1) is 0 Å². The molecule has 1 unspecified atom stereocenters. The maximum Gasteiger partial charge on any atom is 0.490 e. The molecule has 0 spiro atoms. The van der Waals surface area contributed by atoms with E-state index in [2.05, 4.69) is 13.0 Å². The van der Waals surface area contributed by atoms with Crippen LogP contribution in [0.3, 0.4) is 0 Å². The lowest BCUT2D eigenvalue weighted by Crippen LogP contribution is -2.45. The third kappa shape index (κ3) is 2.86. The maximum atomic E-state index is 13.3. The SMILES string of the molecule is CCc1ccc2nc3c(cc2c1)Cn1c-3cc2c(c1=O)COC(=O)[C@@]2(CC)O[P+](=O)[O-]. The van der Waals surface area contributed by atoms with Gasteiger partial charge in [-0.25, -0.2) is 9.78 Å². The second kappa shape index (κ2) is 7.05. The summed E-state index contributed by atoms with van der Waals surface area (Å²) in [6, 6.07) is 9.75. The molecule has 0 bridgehead atoms. The first-order valence-electron chi connectivity index (χ1n) is 10.1. The summed E-state index contributed by atoms with van der Waals surface area (Å²) in [6.07, 6.45) is 0.914. The van der Waals surface area contributed by atoms with Crippen LogP contribution in [0.15, 0.2) is 35.1 Å². The van der Waals surface area contributed by atoms with Gasteiger partial charge in [0, 0.05) is 16.5 Å². The lowest BCUT2D eigenvalue weighted by molar-refractivity contribution is -0.207. The smallest absolute Gasteiger partial charge is 0.490 e. The first-order chi connectivity index (χ1) is 14.9. The van der Waals surface area contributed by atoms with Crippen molar-refractivity contribution in [3.8, 4) is 11.4 Å². The molecule has 1 aromatic carbocycles. The highest BCUT2D eigenvalue weighted by Gasteiger charge is 2.52. The largest absolute Gasteiger partial charge is 0.566 e. The maximum absolute atomic E-state index is 13.3. The molecule has 5 rings (SSSR count). The molecule has 31 heavy (non-hydrogen) atoms. The molecule has 3 aromatic rings. The number of carbonyl (C=O) groups is 1. The van der Waals surface area contributed by atoms with Crippen LogP contribution in [0.1, 0.15) is 42.5 Å². The van der Waals surface area contributed by atoms with Crippen LogP contribution < -0.4 is 10.5 Å². The molecule has 0 radical (unpaired) electrons. The molecule has 8 nitrogen and oxygen atoms in total. The first-order valence-corrected chi connectivity index (χ1v) is 11.2. The fourth-order valence-corrected chi connectivity index (χ4v) is 5.08. The summed E-state index contributed by atoms with van der Waals surface area (Å²) in [5, 5.41) is 0.997. The van der Waals surface area contributed by atoms with Crippen LogP contribution in [0.25, 0.3) is 22.3 Å². The minimum absolute atomic E-state index is 0.00282. The molecule has 2 aliphatic rings. The number of rotatable bonds is 4. The normalized spacial score (nSPS) is 19.6. The summed E-state index contributed by atoms with van der Waals surface area (Å²) in [5.74, 6) is -0.817. The Kier molecular flexibility index (Phi) is 4.55. The van der Waals surface area contributed by atoms with Gasteiger partial charge in [-0.2, -0.15) is 0 Å². The van der Waals surface area contributed by atoms with E-state index in [-0.39, 0.29) is 29.7 Å². The Balaban J connectivity index is 1.75. The van der Waals surface area contributed by atoms with Gasteiger partial charge in [-0.05, 0) is 47.2 Å². The molecule has 2 aliphatic heterocycles. The molecule has 2 aromatic heterocycles. The van der Waals surface area contributed by atoms with Gasteiger partial charge in [0.05, 0.1) is 29.0 Å². The number of cyclic esters (lactones) is 1. The predicted octanol–water partition coefficient (Wildman–Crippen LogP) is 2.68. The van der Waals surface area contributed by atoms with Crippen molar-refractivity contribution in [3.63, 3.8) is 0 Å². The molecule has 4 heterocycles. The second-order valence-electron chi connectivity index (χ2n) is 7.76. The fourth-order valence-electron chi connectivity index (χ4n) is 4.52. The van der Waals surface area contributed by atoms with Crippen molar-refractivity contribution in [2.24, 2.45) is 0 Å². The lowest BCUT2D eigenvalue weighted by atomic mass is 9.86. The van der Waals surface area contributed by atoms with E-state index in [0.717, 1.165) is 22.9 Å². The van der Waals surface area contributed by atoms with Crippen LogP contribution in [0.5, 0.6) is 0 Å². The molecule has 0 saturated heterocycles. The average Bonchev–Trinajstić information content (AvgIpc) is 3.11. The Hall–Kier alpha value is -2.93. The molecular weight excluding hydrogens is 419 g/mol. The number of nitrogens with zero attached hydrogens (tertiary/aromatic N) is 2. The van der Waals surface area contributed by atoms with E-state index in [9.17, 15) is 19.0 Å². The number of pyridine rings is 2. The van der Waals surface area contributed by atoms with E-state index in [1.807, 2.05) is 18.2 Å². The van der Waals surface area contributed by atoms with Gasteiger partial charge in [0.25, 0.3) is 5.56 Å². The van der Waals surface area contributed by atoms with Gasteiger partial charge in [0.2, 0.25) is 5.60 Å². The monoisotopic (exact) mass is 438 g/mol. The van der Waals surface area contributed by atoms with Gasteiger partial charge >= 0.3 is 14.2 Å². The Morgan fingerprint density at radius 2 is 2.06 bits per heavy atom. The summed E-state index contributed by atoms with van der Waals surface area (Å²) >= 11 is 0. The van der Waals surface area contributed by atoms with E-state index in [1.165, 1.54) is 5.56 Å². The van der Waals surface area contributed by atoms with E-state index in [0.29, 0.717) is 17.9 Å². The van der Waals surface area contributed by atoms with Crippen molar-refractivity contribution in [1.29, 1.82) is 0 Å². The van der Waals surface area contributed by atoms with Crippen LogP contribution in [0.2, 0.25) is 0 Å². The first kappa shape index (κ1) is 20.0. The summed E-state index contributed by atoms with van der Waals surface area (Å²) in [6.45, 7) is 3.83. The van der Waals surface area contributed by atoms with Crippen molar-refractivity contribution in [3.05, 3.63) is 62.9 Å². The van der Waals surface area contributed by atoms with Crippen LogP contribution in [-0.2, 0) is 43.8 Å². The quantitative estimate of drug-likeness (QED) is 0.356. The molecule has 0 saturated carbocycles. The second-order valence-corrected chi connectivity index (χ2v) is 8.39. The molecule has 2 atom stereocenters. The summed E-state index contributed by atoms with van der Waals surface area (Å²) in [7, 11) is -3.35. The number of hydrogen-bond donors (Lipinski definition) is 0. The summed E-state index contributed by atoms with van der Waals surface area (Å²) in [4.78, 5) is 42.1. The van der Waals surface area contributed by atoms with Crippen LogP contribution in [0.4, 0.5) is 0 Å². The van der Waals surface area contributed by atoms with Gasteiger partial charge in [-0.15, -0.1) is 4.52 Å². The molecular formula is C22H19N2O6P. The molecule has 0 N–H and O–H groups in total. The van der Waals surface area contributed by atoms with Gasteiger partial charge in [-0.1, -0.05) is 19.9 Å². The van der Waals surface area contributed by atoms with Crippen molar-refractivity contribution in [2.45, 2.75) is 45.4 Å². The molecule has 9 heteroatoms. The molecule has 0 amide bonds. The summed E-state index contributed by atoms with van der Waals surface area (Å²) in [5.41, 5.74) is 2.34. The number of carbonyl (C=O) groups excluding carboxylic acids is 1. The highest BCUT2D eigenvalue weighted by molar-refractivity contribution is 7.30. The zero-order chi connectivity index (χ0) is 21.9. The zero-order valence-electron chi connectivity index (χ0n) is 17.0. The van der Waals surface area contributed by atoms with Crippen molar-refractivity contribution in [2.75, 3.05) is 0 Å². The molecule has 0 fully saturated rings. The highest BCUT2D eigenvalue weighted by atomic mass is 31.1.